The Morgan fingerprint density at radius 2 is 1.60 bits per heavy atom. The van der Waals surface area contributed by atoms with E-state index in [0.29, 0.717) is 12.8 Å². The molecule has 1 unspecified atom stereocenters. The van der Waals surface area contributed by atoms with E-state index < -0.39 is 53.0 Å². The Morgan fingerprint density at radius 1 is 1.03 bits per heavy atom. The van der Waals surface area contributed by atoms with Crippen molar-refractivity contribution in [2.75, 3.05) is 0 Å². The minimum absolute atomic E-state index is 0.166. The number of aliphatic carboxylic acids is 1. The van der Waals surface area contributed by atoms with Crippen LogP contribution in [-0.4, -0.2) is 56.8 Å². The first kappa shape index (κ1) is 29.9. The van der Waals surface area contributed by atoms with Crippen molar-refractivity contribution in [3.05, 3.63) is 29.3 Å². The van der Waals surface area contributed by atoms with E-state index in [1.807, 2.05) is 6.92 Å². The van der Waals surface area contributed by atoms with E-state index in [-0.39, 0.29) is 16.9 Å². The molecule has 0 saturated carbocycles. The molecule has 0 spiro atoms. The first-order valence-electron chi connectivity index (χ1n) is 11.5. The minimum Gasteiger partial charge on any atom is -0.507 e. The summed E-state index contributed by atoms with van der Waals surface area (Å²) in [7, 11) is 0. The van der Waals surface area contributed by atoms with Crippen molar-refractivity contribution >= 4 is 23.8 Å². The van der Waals surface area contributed by atoms with E-state index in [2.05, 4.69) is 5.32 Å². The maximum absolute atomic E-state index is 13.2. The van der Waals surface area contributed by atoms with Crippen molar-refractivity contribution in [2.45, 2.75) is 96.9 Å². The number of nitrogens with one attached hydrogen (secondary N) is 1. The topological polar surface area (TPSA) is 165 Å². The molecule has 10 nitrogen and oxygen atoms in total. The number of ether oxygens (including phenoxy) is 2. The zero-order valence-electron chi connectivity index (χ0n) is 21.6. The van der Waals surface area contributed by atoms with Gasteiger partial charge >= 0.3 is 17.9 Å². The maximum Gasteiger partial charge on any atom is 0.344 e. The number of benzene rings is 1. The second kappa shape index (κ2) is 11.5. The summed E-state index contributed by atoms with van der Waals surface area (Å²) < 4.78 is 10.6. The molecule has 0 aliphatic carbocycles. The van der Waals surface area contributed by atoms with Crippen LogP contribution in [0.1, 0.15) is 83.7 Å². The highest BCUT2D eigenvalue weighted by molar-refractivity contribution is 6.08. The van der Waals surface area contributed by atoms with Crippen molar-refractivity contribution < 1.29 is 38.9 Å². The number of hydrogen-bond donors (Lipinski definition) is 4. The fourth-order valence-corrected chi connectivity index (χ4v) is 3.10. The lowest BCUT2D eigenvalue weighted by atomic mass is 9.88. The van der Waals surface area contributed by atoms with Crippen LogP contribution in [0.4, 0.5) is 0 Å². The van der Waals surface area contributed by atoms with Crippen LogP contribution >= 0.6 is 0 Å². The van der Waals surface area contributed by atoms with Gasteiger partial charge in [0.1, 0.15) is 22.5 Å². The number of carbonyl (C=O) groups is 4. The van der Waals surface area contributed by atoms with Crippen LogP contribution in [0.25, 0.3) is 0 Å². The zero-order valence-corrected chi connectivity index (χ0v) is 21.6. The number of nitrogens with two attached hydrogens (primary N) is 1. The Labute approximate surface area is 206 Å². The molecule has 10 heteroatoms. The second-order valence-corrected chi connectivity index (χ2v) is 10.5. The van der Waals surface area contributed by atoms with Gasteiger partial charge in [-0.2, -0.15) is 0 Å². The lowest BCUT2D eigenvalue weighted by Crippen LogP contribution is -2.65. The average Bonchev–Trinajstić information content (AvgIpc) is 2.69. The number of rotatable bonds is 10. The van der Waals surface area contributed by atoms with Gasteiger partial charge in [-0.15, -0.1) is 0 Å². The number of hydrogen-bond acceptors (Lipinski definition) is 8. The summed E-state index contributed by atoms with van der Waals surface area (Å²) in [5.74, 6) is -4.89. The Hall–Kier alpha value is -3.14. The van der Waals surface area contributed by atoms with E-state index in [1.165, 1.54) is 18.2 Å². The molecule has 0 aliphatic heterocycles. The van der Waals surface area contributed by atoms with Gasteiger partial charge in [0.05, 0.1) is 6.04 Å². The van der Waals surface area contributed by atoms with Crippen LogP contribution in [0.2, 0.25) is 0 Å². The molecule has 5 N–H and O–H groups in total. The minimum atomic E-state index is -2.53. The van der Waals surface area contributed by atoms with Crippen LogP contribution < -0.4 is 11.1 Å². The second-order valence-electron chi connectivity index (χ2n) is 10.5. The first-order chi connectivity index (χ1) is 15.9. The van der Waals surface area contributed by atoms with E-state index in [9.17, 15) is 29.4 Å². The predicted octanol–water partition coefficient (Wildman–Crippen LogP) is 2.69. The van der Waals surface area contributed by atoms with Crippen molar-refractivity contribution in [1.82, 2.24) is 5.32 Å². The van der Waals surface area contributed by atoms with E-state index >= 15 is 0 Å². The van der Waals surface area contributed by atoms with Gasteiger partial charge in [-0.1, -0.05) is 25.8 Å². The quantitative estimate of drug-likeness (QED) is 0.282. The number of carboxylic acid groups (broad SMARTS) is 1. The summed E-state index contributed by atoms with van der Waals surface area (Å²) in [6, 6.07) is 2.71. The molecule has 1 amide bonds. The predicted molar refractivity (Wildman–Crippen MR) is 129 cm³/mol. The van der Waals surface area contributed by atoms with Gasteiger partial charge in [0.25, 0.3) is 0 Å². The van der Waals surface area contributed by atoms with Crippen molar-refractivity contribution in [3.8, 4) is 5.75 Å². The normalized spacial score (nSPS) is 14.4. The summed E-state index contributed by atoms with van der Waals surface area (Å²) in [6.07, 6.45) is 1.14. The Morgan fingerprint density at radius 3 is 2.09 bits per heavy atom. The van der Waals surface area contributed by atoms with Crippen molar-refractivity contribution in [3.63, 3.8) is 0 Å². The first-order valence-corrected chi connectivity index (χ1v) is 11.5. The molecule has 0 bridgehead atoms. The summed E-state index contributed by atoms with van der Waals surface area (Å²) in [6.45, 7) is 11.6. The van der Waals surface area contributed by atoms with Crippen LogP contribution in [0.5, 0.6) is 5.75 Å². The third kappa shape index (κ3) is 8.86. The van der Waals surface area contributed by atoms with Gasteiger partial charge in [-0.3, -0.25) is 4.79 Å². The summed E-state index contributed by atoms with van der Waals surface area (Å²) in [5.41, 5.74) is 1.45. The van der Waals surface area contributed by atoms with Gasteiger partial charge in [-0.05, 0) is 65.7 Å². The lowest BCUT2D eigenvalue weighted by molar-refractivity contribution is -0.172. The van der Waals surface area contributed by atoms with Crippen molar-refractivity contribution in [1.29, 1.82) is 0 Å². The molecule has 196 valence electrons. The number of carboxylic acids is 1. The number of aromatic hydroxyl groups is 1. The monoisotopic (exact) mass is 494 g/mol. The smallest absolute Gasteiger partial charge is 0.344 e. The number of esters is 2. The fraction of sp³-hybridized carbons (Fsp3) is 0.600. The molecule has 0 radical (unpaired) electrons. The summed E-state index contributed by atoms with van der Waals surface area (Å²) in [4.78, 5) is 51.0. The molecular formula is C25H38N2O8. The van der Waals surface area contributed by atoms with Gasteiger partial charge < -0.3 is 30.7 Å². The molecule has 1 aromatic carbocycles. The number of unbranched alkanes of at least 4 members (excludes halogenated alkanes) is 1. The number of amides is 1. The summed E-state index contributed by atoms with van der Waals surface area (Å²) in [5, 5.41) is 22.6. The highest BCUT2D eigenvalue weighted by Crippen LogP contribution is 2.26. The Bertz CT molecular complexity index is 946. The third-order valence-electron chi connectivity index (χ3n) is 4.80. The standard InChI is InChI=1S/C25H38N2O8/c1-8-9-10-17(26)19(29)27-25(21(31)32,22(33)35-24(5,6)7)14-15-11-12-18(28)16(13-15)20(30)34-23(2,3)4/h11-13,17,28H,8-10,14,26H2,1-7H3,(H,27,29)(H,31,32)/t17?,25-/m0/s1. The number of carbonyl (C=O) groups excluding carboxylic acids is 3. The molecule has 0 fully saturated rings. The van der Waals surface area contributed by atoms with Gasteiger partial charge in [0.2, 0.25) is 11.4 Å². The molecule has 0 aliphatic rings. The molecule has 1 aromatic rings. The fourth-order valence-electron chi connectivity index (χ4n) is 3.10. The van der Waals surface area contributed by atoms with Crippen LogP contribution in [0.3, 0.4) is 0 Å². The lowest BCUT2D eigenvalue weighted by Gasteiger charge is -2.33. The molecule has 0 saturated heterocycles. The largest absolute Gasteiger partial charge is 0.507 e. The molecule has 0 aromatic heterocycles. The third-order valence-corrected chi connectivity index (χ3v) is 4.80. The molecule has 0 heterocycles. The molecular weight excluding hydrogens is 456 g/mol. The van der Waals surface area contributed by atoms with Gasteiger partial charge in [-0.25, -0.2) is 14.4 Å². The van der Waals surface area contributed by atoms with E-state index in [1.54, 1.807) is 41.5 Å². The molecule has 2 atom stereocenters. The Balaban J connectivity index is 3.50. The van der Waals surface area contributed by atoms with Crippen LogP contribution in [0.15, 0.2) is 18.2 Å². The van der Waals surface area contributed by atoms with E-state index in [4.69, 9.17) is 15.2 Å². The SMILES string of the molecule is CCCCC(N)C(=O)N[C@@](Cc1ccc(O)c(C(=O)OC(C)(C)C)c1)(C(=O)O)C(=O)OC(C)(C)C. The maximum atomic E-state index is 13.2. The van der Waals surface area contributed by atoms with Gasteiger partial charge in [0, 0.05) is 6.42 Å². The highest BCUT2D eigenvalue weighted by atomic mass is 16.6. The highest BCUT2D eigenvalue weighted by Gasteiger charge is 2.51. The zero-order chi connectivity index (χ0) is 27.2. The Kier molecular flexibility index (Phi) is 9.84. The van der Waals surface area contributed by atoms with Crippen LogP contribution in [-0.2, 0) is 30.3 Å². The molecule has 35 heavy (non-hydrogen) atoms. The molecule has 1 rings (SSSR count). The summed E-state index contributed by atoms with van der Waals surface area (Å²) >= 11 is 0. The van der Waals surface area contributed by atoms with Crippen LogP contribution in [0, 0.1) is 0 Å². The number of phenols is 1. The van der Waals surface area contributed by atoms with Gasteiger partial charge in [0.15, 0.2) is 0 Å². The number of phenolic OH excluding ortho intramolecular Hbond substituents is 1. The van der Waals surface area contributed by atoms with E-state index in [0.717, 1.165) is 6.42 Å². The average molecular weight is 495 g/mol. The van der Waals surface area contributed by atoms with Crippen molar-refractivity contribution in [2.24, 2.45) is 5.73 Å².